The summed E-state index contributed by atoms with van der Waals surface area (Å²) in [6, 6.07) is 6.86. The van der Waals surface area contributed by atoms with Crippen LogP contribution in [0.1, 0.15) is 13.8 Å². The van der Waals surface area contributed by atoms with Crippen molar-refractivity contribution in [3.8, 4) is 5.75 Å². The van der Waals surface area contributed by atoms with Gasteiger partial charge in [-0.25, -0.2) is 4.79 Å². The highest BCUT2D eigenvalue weighted by atomic mass is 16.6. The predicted octanol–water partition coefficient (Wildman–Crippen LogP) is 1.60. The van der Waals surface area contributed by atoms with Gasteiger partial charge in [0.15, 0.2) is 6.10 Å². The first kappa shape index (κ1) is 11.4. The van der Waals surface area contributed by atoms with Gasteiger partial charge in [-0.05, 0) is 38.1 Å². The molecule has 0 fully saturated rings. The molecule has 0 saturated heterocycles. The molecular formula is C11H15NO3. The van der Waals surface area contributed by atoms with Crippen LogP contribution in [0, 0.1) is 0 Å². The fourth-order valence-corrected chi connectivity index (χ4v) is 1.06. The third-order valence-corrected chi connectivity index (χ3v) is 1.81. The Balaban J connectivity index is 2.54. The molecule has 0 saturated carbocycles. The monoisotopic (exact) mass is 209 g/mol. The van der Waals surface area contributed by atoms with Crippen LogP contribution in [0.2, 0.25) is 0 Å². The van der Waals surface area contributed by atoms with Crippen molar-refractivity contribution in [2.75, 3.05) is 12.3 Å². The number of benzene rings is 1. The van der Waals surface area contributed by atoms with Crippen LogP contribution in [0.15, 0.2) is 24.3 Å². The smallest absolute Gasteiger partial charge is 0.347 e. The topological polar surface area (TPSA) is 61.5 Å². The Labute approximate surface area is 89.0 Å². The summed E-state index contributed by atoms with van der Waals surface area (Å²) in [4.78, 5) is 11.2. The van der Waals surface area contributed by atoms with E-state index in [-0.39, 0.29) is 5.97 Å². The van der Waals surface area contributed by atoms with Gasteiger partial charge in [0.25, 0.3) is 0 Å². The molecule has 4 nitrogen and oxygen atoms in total. The van der Waals surface area contributed by atoms with E-state index in [1.807, 2.05) is 0 Å². The van der Waals surface area contributed by atoms with E-state index >= 15 is 0 Å². The standard InChI is InChI=1S/C11H15NO3/c1-3-14-11(13)8(2)15-10-6-4-9(12)5-7-10/h4-8H,3,12H2,1-2H3. The van der Waals surface area contributed by atoms with E-state index in [9.17, 15) is 4.79 Å². The van der Waals surface area contributed by atoms with Crippen molar-refractivity contribution in [3.05, 3.63) is 24.3 Å². The summed E-state index contributed by atoms with van der Waals surface area (Å²) in [6.07, 6.45) is -0.603. The van der Waals surface area contributed by atoms with E-state index in [0.29, 0.717) is 18.0 Å². The minimum Gasteiger partial charge on any atom is -0.479 e. The first-order valence-electron chi connectivity index (χ1n) is 4.82. The second kappa shape index (κ2) is 5.24. The Bertz CT molecular complexity index is 321. The molecule has 0 bridgehead atoms. The summed E-state index contributed by atoms with van der Waals surface area (Å²) >= 11 is 0. The van der Waals surface area contributed by atoms with Crippen molar-refractivity contribution < 1.29 is 14.3 Å². The molecule has 0 radical (unpaired) electrons. The molecule has 0 aromatic heterocycles. The summed E-state index contributed by atoms with van der Waals surface area (Å²) in [6.45, 7) is 3.76. The molecule has 0 amide bonds. The number of nitrogen functional groups attached to an aromatic ring is 1. The van der Waals surface area contributed by atoms with Gasteiger partial charge in [0.2, 0.25) is 0 Å². The summed E-state index contributed by atoms with van der Waals surface area (Å²) in [5.41, 5.74) is 6.18. The second-order valence-corrected chi connectivity index (χ2v) is 3.08. The minimum absolute atomic E-state index is 0.355. The van der Waals surface area contributed by atoms with Crippen molar-refractivity contribution in [2.24, 2.45) is 0 Å². The molecule has 1 atom stereocenters. The average molecular weight is 209 g/mol. The number of anilines is 1. The van der Waals surface area contributed by atoms with Crippen LogP contribution in [0.3, 0.4) is 0 Å². The fourth-order valence-electron chi connectivity index (χ4n) is 1.06. The van der Waals surface area contributed by atoms with Crippen molar-refractivity contribution in [3.63, 3.8) is 0 Å². The maximum Gasteiger partial charge on any atom is 0.347 e. The van der Waals surface area contributed by atoms with E-state index in [4.69, 9.17) is 15.2 Å². The Morgan fingerprint density at radius 3 is 2.53 bits per heavy atom. The first-order chi connectivity index (χ1) is 7.13. The summed E-state index contributed by atoms with van der Waals surface area (Å²) in [5.74, 6) is 0.235. The van der Waals surface area contributed by atoms with Crippen molar-refractivity contribution >= 4 is 11.7 Å². The van der Waals surface area contributed by atoms with Gasteiger partial charge in [-0.15, -0.1) is 0 Å². The molecule has 4 heteroatoms. The van der Waals surface area contributed by atoms with Gasteiger partial charge >= 0.3 is 5.97 Å². The highest BCUT2D eigenvalue weighted by Crippen LogP contribution is 2.14. The number of hydrogen-bond donors (Lipinski definition) is 1. The van der Waals surface area contributed by atoms with Crippen LogP contribution < -0.4 is 10.5 Å². The third-order valence-electron chi connectivity index (χ3n) is 1.81. The molecule has 0 aliphatic rings. The van der Waals surface area contributed by atoms with E-state index in [1.54, 1.807) is 38.1 Å². The van der Waals surface area contributed by atoms with E-state index in [1.165, 1.54) is 0 Å². The number of rotatable bonds is 4. The average Bonchev–Trinajstić information content (AvgIpc) is 2.22. The summed E-state index contributed by atoms with van der Waals surface area (Å²) < 4.78 is 10.2. The van der Waals surface area contributed by atoms with Gasteiger partial charge < -0.3 is 15.2 Å². The van der Waals surface area contributed by atoms with Crippen molar-refractivity contribution in [1.29, 1.82) is 0 Å². The number of carbonyl (C=O) groups is 1. The minimum atomic E-state index is -0.603. The Hall–Kier alpha value is -1.71. The van der Waals surface area contributed by atoms with Gasteiger partial charge in [-0.3, -0.25) is 0 Å². The van der Waals surface area contributed by atoms with Gasteiger partial charge in [0.1, 0.15) is 5.75 Å². The molecular weight excluding hydrogens is 194 g/mol. The molecule has 1 aromatic carbocycles. The maximum absolute atomic E-state index is 11.2. The molecule has 2 N–H and O–H groups in total. The molecule has 0 aliphatic heterocycles. The molecule has 1 aromatic rings. The molecule has 1 unspecified atom stereocenters. The largest absolute Gasteiger partial charge is 0.479 e. The van der Waals surface area contributed by atoms with E-state index < -0.39 is 6.10 Å². The zero-order valence-electron chi connectivity index (χ0n) is 8.90. The van der Waals surface area contributed by atoms with Crippen LogP contribution in [0.25, 0.3) is 0 Å². The fraction of sp³-hybridized carbons (Fsp3) is 0.364. The lowest BCUT2D eigenvalue weighted by molar-refractivity contribution is -0.150. The quantitative estimate of drug-likeness (QED) is 0.604. The van der Waals surface area contributed by atoms with Gasteiger partial charge in [-0.2, -0.15) is 0 Å². The zero-order chi connectivity index (χ0) is 11.3. The number of ether oxygens (including phenoxy) is 2. The Morgan fingerprint density at radius 2 is 2.00 bits per heavy atom. The summed E-state index contributed by atoms with van der Waals surface area (Å²) in [5, 5.41) is 0. The molecule has 1 rings (SSSR count). The van der Waals surface area contributed by atoms with Gasteiger partial charge in [0.05, 0.1) is 6.61 Å². The highest BCUT2D eigenvalue weighted by molar-refractivity contribution is 5.74. The first-order valence-corrected chi connectivity index (χ1v) is 4.82. The molecule has 0 heterocycles. The number of esters is 1. The molecule has 82 valence electrons. The summed E-state index contributed by atoms with van der Waals surface area (Å²) in [7, 11) is 0. The molecule has 0 spiro atoms. The SMILES string of the molecule is CCOC(=O)C(C)Oc1ccc(N)cc1. The predicted molar refractivity (Wildman–Crippen MR) is 57.6 cm³/mol. The second-order valence-electron chi connectivity index (χ2n) is 3.08. The zero-order valence-corrected chi connectivity index (χ0v) is 8.90. The van der Waals surface area contributed by atoms with Crippen LogP contribution in [0.4, 0.5) is 5.69 Å². The number of hydrogen-bond acceptors (Lipinski definition) is 4. The van der Waals surface area contributed by atoms with Gasteiger partial charge in [0, 0.05) is 5.69 Å². The van der Waals surface area contributed by atoms with Crippen molar-refractivity contribution in [2.45, 2.75) is 20.0 Å². The van der Waals surface area contributed by atoms with Crippen LogP contribution in [0.5, 0.6) is 5.75 Å². The molecule has 15 heavy (non-hydrogen) atoms. The highest BCUT2D eigenvalue weighted by Gasteiger charge is 2.15. The van der Waals surface area contributed by atoms with Crippen LogP contribution >= 0.6 is 0 Å². The Morgan fingerprint density at radius 1 is 1.40 bits per heavy atom. The maximum atomic E-state index is 11.2. The third kappa shape index (κ3) is 3.50. The van der Waals surface area contributed by atoms with Gasteiger partial charge in [-0.1, -0.05) is 0 Å². The molecule has 0 aliphatic carbocycles. The lowest BCUT2D eigenvalue weighted by Gasteiger charge is -2.13. The van der Waals surface area contributed by atoms with Crippen LogP contribution in [-0.2, 0) is 9.53 Å². The lowest BCUT2D eigenvalue weighted by atomic mass is 10.3. The van der Waals surface area contributed by atoms with Crippen molar-refractivity contribution in [1.82, 2.24) is 0 Å². The van der Waals surface area contributed by atoms with Crippen LogP contribution in [-0.4, -0.2) is 18.7 Å². The normalized spacial score (nSPS) is 11.9. The Kier molecular flexibility index (Phi) is 3.97. The number of nitrogens with two attached hydrogens (primary N) is 1. The lowest BCUT2D eigenvalue weighted by Crippen LogP contribution is -2.25. The number of carbonyl (C=O) groups excluding carboxylic acids is 1. The van der Waals surface area contributed by atoms with E-state index in [2.05, 4.69) is 0 Å². The van der Waals surface area contributed by atoms with E-state index in [0.717, 1.165) is 0 Å².